The Bertz CT molecular complexity index is 1280. The number of esters is 1. The van der Waals surface area contributed by atoms with Crippen LogP contribution in [0.3, 0.4) is 0 Å². The first-order valence-electron chi connectivity index (χ1n) is 12.0. The van der Waals surface area contributed by atoms with Gasteiger partial charge < -0.3 is 30.9 Å². The van der Waals surface area contributed by atoms with Crippen LogP contribution in [0.15, 0.2) is 29.0 Å². The van der Waals surface area contributed by atoms with Gasteiger partial charge in [-0.3, -0.25) is 19.3 Å². The van der Waals surface area contributed by atoms with Crippen LogP contribution in [0, 0.1) is 11.8 Å². The minimum atomic E-state index is -2.71. The maximum absolute atomic E-state index is 13.8. The van der Waals surface area contributed by atoms with Crippen LogP contribution in [-0.4, -0.2) is 81.1 Å². The molecule has 0 spiro atoms. The van der Waals surface area contributed by atoms with Gasteiger partial charge in [-0.15, -0.1) is 0 Å². The first kappa shape index (κ1) is 26.4. The van der Waals surface area contributed by atoms with Crippen molar-refractivity contribution in [2.24, 2.45) is 17.6 Å². The standard InChI is InChI=1S/C26H30N2O9/c1-4-5-8-37-25(35)12-6-7-15(29)17-13(12)9-11-10-14-19(28(2)3)21(31)18(24(27)34)23(33)26(14,36)22(32)16(11)20(17)30/h6-7,11,14,19,29-30,33,36H,4-5,8-10H2,1-3H3,(H2,27,34)/t11-,14-,19?,26?/m0/s1. The molecule has 3 aliphatic carbocycles. The third-order valence-electron chi connectivity index (χ3n) is 7.56. The topological polar surface area (TPSA) is 188 Å². The van der Waals surface area contributed by atoms with Gasteiger partial charge in [-0.05, 0) is 57.0 Å². The van der Waals surface area contributed by atoms with Crippen molar-refractivity contribution in [1.29, 1.82) is 0 Å². The molecule has 1 amide bonds. The van der Waals surface area contributed by atoms with Gasteiger partial charge in [0, 0.05) is 11.5 Å². The van der Waals surface area contributed by atoms with Crippen molar-refractivity contribution < 1.29 is 44.3 Å². The summed E-state index contributed by atoms with van der Waals surface area (Å²) in [5.74, 6) is -8.05. The first-order valence-corrected chi connectivity index (χ1v) is 12.0. The number of nitrogens with zero attached hydrogens (tertiary/aromatic N) is 1. The summed E-state index contributed by atoms with van der Waals surface area (Å²) in [5, 5.41) is 44.2. The highest BCUT2D eigenvalue weighted by Gasteiger charge is 2.64. The molecule has 0 radical (unpaired) electrons. The van der Waals surface area contributed by atoms with E-state index < -0.39 is 69.8 Å². The van der Waals surface area contributed by atoms with Crippen LogP contribution < -0.4 is 5.73 Å². The summed E-state index contributed by atoms with van der Waals surface area (Å²) in [6.45, 7) is 2.13. The number of Topliss-reactive ketones (excluding diaryl/α,β-unsaturated/α-hetero) is 2. The van der Waals surface area contributed by atoms with Crippen molar-refractivity contribution in [3.05, 3.63) is 45.7 Å². The molecule has 198 valence electrons. The molecule has 1 aromatic carbocycles. The molecule has 11 nitrogen and oxygen atoms in total. The highest BCUT2D eigenvalue weighted by molar-refractivity contribution is 6.24. The summed E-state index contributed by atoms with van der Waals surface area (Å²) in [7, 11) is 3.05. The number of carbonyl (C=O) groups excluding carboxylic acids is 4. The summed E-state index contributed by atoms with van der Waals surface area (Å²) in [5.41, 5.74) is 1.68. The average molecular weight is 515 g/mol. The molecule has 1 fully saturated rings. The van der Waals surface area contributed by atoms with Gasteiger partial charge >= 0.3 is 5.97 Å². The summed E-state index contributed by atoms with van der Waals surface area (Å²) in [4.78, 5) is 53.1. The summed E-state index contributed by atoms with van der Waals surface area (Å²) < 4.78 is 5.32. The van der Waals surface area contributed by atoms with Crippen molar-refractivity contribution in [2.45, 2.75) is 44.2 Å². The Morgan fingerprint density at radius 3 is 2.46 bits per heavy atom. The zero-order chi connectivity index (χ0) is 27.4. The normalized spacial score (nSPS) is 27.1. The molecule has 0 saturated heterocycles. The van der Waals surface area contributed by atoms with Gasteiger partial charge in [-0.2, -0.15) is 0 Å². The minimum absolute atomic E-state index is 0.0150. The molecule has 4 rings (SSSR count). The number of aliphatic hydroxyl groups excluding tert-OH is 2. The molecule has 6 N–H and O–H groups in total. The number of unbranched alkanes of at least 4 members (excludes halogenated alkanes) is 1. The Labute approximate surface area is 212 Å². The Balaban J connectivity index is 1.90. The number of phenolic OH excluding ortho intramolecular Hbond substituents is 1. The average Bonchev–Trinajstić information content (AvgIpc) is 2.81. The number of phenols is 1. The Morgan fingerprint density at radius 2 is 1.86 bits per heavy atom. The number of fused-ring (bicyclic) bond motifs is 3. The zero-order valence-corrected chi connectivity index (χ0v) is 20.8. The summed E-state index contributed by atoms with van der Waals surface area (Å²) >= 11 is 0. The van der Waals surface area contributed by atoms with Gasteiger partial charge in [-0.25, -0.2) is 4.79 Å². The van der Waals surface area contributed by atoms with Gasteiger partial charge in [0.15, 0.2) is 11.4 Å². The monoisotopic (exact) mass is 514 g/mol. The molecular weight excluding hydrogens is 484 g/mol. The van der Waals surface area contributed by atoms with Crippen LogP contribution in [0.2, 0.25) is 0 Å². The lowest BCUT2D eigenvalue weighted by Gasteiger charge is -2.50. The fourth-order valence-electron chi connectivity index (χ4n) is 5.82. The van der Waals surface area contributed by atoms with Crippen molar-refractivity contribution in [1.82, 2.24) is 4.90 Å². The Hall–Kier alpha value is -3.70. The van der Waals surface area contributed by atoms with Crippen LogP contribution >= 0.6 is 0 Å². The first-order chi connectivity index (χ1) is 17.4. The lowest BCUT2D eigenvalue weighted by molar-refractivity contribution is -0.153. The molecule has 2 unspecified atom stereocenters. The quantitative estimate of drug-likeness (QED) is 0.207. The number of ether oxygens (including phenoxy) is 1. The van der Waals surface area contributed by atoms with E-state index >= 15 is 0 Å². The molecule has 0 bridgehead atoms. The second kappa shape index (κ2) is 9.31. The third kappa shape index (κ3) is 3.80. The molecule has 3 aliphatic rings. The summed E-state index contributed by atoms with van der Waals surface area (Å²) in [6, 6.07) is 1.39. The molecule has 1 aromatic rings. The predicted octanol–water partition coefficient (Wildman–Crippen LogP) is 0.921. The number of primary amides is 1. The Kier molecular flexibility index (Phi) is 6.63. The molecule has 0 heterocycles. The van der Waals surface area contributed by atoms with E-state index in [1.54, 1.807) is 0 Å². The van der Waals surface area contributed by atoms with E-state index in [0.29, 0.717) is 6.42 Å². The molecular formula is C26H30N2O9. The van der Waals surface area contributed by atoms with Gasteiger partial charge in [0.25, 0.3) is 5.91 Å². The fraction of sp³-hybridized carbons (Fsp3) is 0.462. The van der Waals surface area contributed by atoms with Crippen molar-refractivity contribution in [2.75, 3.05) is 20.7 Å². The number of benzene rings is 1. The van der Waals surface area contributed by atoms with Crippen LogP contribution in [0.5, 0.6) is 5.75 Å². The lowest BCUT2D eigenvalue weighted by Crippen LogP contribution is -2.65. The fourth-order valence-corrected chi connectivity index (χ4v) is 5.82. The van der Waals surface area contributed by atoms with E-state index in [2.05, 4.69) is 0 Å². The maximum Gasteiger partial charge on any atom is 0.338 e. The number of amides is 1. The van der Waals surface area contributed by atoms with Crippen LogP contribution in [0.25, 0.3) is 5.76 Å². The van der Waals surface area contributed by atoms with Crippen LogP contribution in [0.4, 0.5) is 0 Å². The number of carbonyl (C=O) groups is 4. The zero-order valence-electron chi connectivity index (χ0n) is 20.8. The molecule has 0 aliphatic heterocycles. The number of aliphatic hydroxyl groups is 3. The molecule has 11 heteroatoms. The van der Waals surface area contributed by atoms with Gasteiger partial charge in [0.05, 0.1) is 23.8 Å². The molecule has 0 aromatic heterocycles. The van der Waals surface area contributed by atoms with Crippen LogP contribution in [0.1, 0.15) is 47.7 Å². The van der Waals surface area contributed by atoms with Gasteiger partial charge in [-0.1, -0.05) is 13.3 Å². The van der Waals surface area contributed by atoms with Gasteiger partial charge in [0.1, 0.15) is 22.8 Å². The van der Waals surface area contributed by atoms with E-state index in [4.69, 9.17) is 10.5 Å². The van der Waals surface area contributed by atoms with Crippen molar-refractivity contribution >= 4 is 29.2 Å². The second-order valence-corrected chi connectivity index (χ2v) is 9.94. The lowest BCUT2D eigenvalue weighted by atomic mass is 9.57. The largest absolute Gasteiger partial charge is 0.508 e. The van der Waals surface area contributed by atoms with E-state index in [9.17, 15) is 39.6 Å². The second-order valence-electron chi connectivity index (χ2n) is 9.94. The number of hydrogen-bond donors (Lipinski definition) is 5. The molecule has 37 heavy (non-hydrogen) atoms. The van der Waals surface area contributed by atoms with Crippen molar-refractivity contribution in [3.63, 3.8) is 0 Å². The Morgan fingerprint density at radius 1 is 1.19 bits per heavy atom. The molecule has 1 saturated carbocycles. The number of rotatable bonds is 6. The number of hydrogen-bond acceptors (Lipinski definition) is 10. The predicted molar refractivity (Wildman–Crippen MR) is 129 cm³/mol. The number of aromatic hydroxyl groups is 1. The van der Waals surface area contributed by atoms with E-state index in [0.717, 1.165) is 6.42 Å². The maximum atomic E-state index is 13.8. The highest BCUT2D eigenvalue weighted by atomic mass is 16.5. The van der Waals surface area contributed by atoms with Crippen molar-refractivity contribution in [3.8, 4) is 5.75 Å². The number of likely N-dealkylation sites (N-methyl/N-ethyl adjacent to an activating group) is 1. The minimum Gasteiger partial charge on any atom is -0.508 e. The highest BCUT2D eigenvalue weighted by Crippen LogP contribution is 2.52. The van der Waals surface area contributed by atoms with E-state index in [-0.39, 0.29) is 41.7 Å². The van der Waals surface area contributed by atoms with Crippen LogP contribution in [-0.2, 0) is 25.5 Å². The summed E-state index contributed by atoms with van der Waals surface area (Å²) in [6.07, 6.45) is 1.42. The SMILES string of the molecule is CCCCOC(=O)c1ccc(O)c2c1C[C@H]1C[C@H]3C(N(C)C)C(=O)C(C(N)=O)=C(O)C3(O)C(=O)C1=C2O. The van der Waals surface area contributed by atoms with Gasteiger partial charge in [0.2, 0.25) is 5.78 Å². The number of nitrogens with two attached hydrogens (primary N) is 1. The third-order valence-corrected chi connectivity index (χ3v) is 7.56. The number of ketones is 2. The van der Waals surface area contributed by atoms with E-state index in [1.807, 2.05) is 6.92 Å². The molecule has 4 atom stereocenters. The van der Waals surface area contributed by atoms with E-state index in [1.165, 1.54) is 31.1 Å². The smallest absolute Gasteiger partial charge is 0.338 e.